The first-order valence-electron chi connectivity index (χ1n) is 8.32. The van der Waals surface area contributed by atoms with E-state index in [0.717, 1.165) is 0 Å². The number of ether oxygens (including phenoxy) is 1. The number of allylic oxidation sites excluding steroid dienone is 1. The van der Waals surface area contributed by atoms with Gasteiger partial charge in [0.15, 0.2) is 0 Å². The van der Waals surface area contributed by atoms with Gasteiger partial charge in [-0.2, -0.15) is 0 Å². The van der Waals surface area contributed by atoms with E-state index < -0.39 is 24.0 Å². The number of carboxylic acid groups (broad SMARTS) is 1. The standard InChI is InChI=1S/C20H17ClN2O5/c1-11-16(19(26)28-2)17(13-4-3-5-14(21)10-13)22-20(27)23(11)15-8-6-12(7-9-15)18(24)25/h3-10,17H,1-2H3,(H,22,27)(H,24,25). The lowest BCUT2D eigenvalue weighted by molar-refractivity contribution is -0.136. The van der Waals surface area contributed by atoms with Crippen molar-refractivity contribution in [3.63, 3.8) is 0 Å². The van der Waals surface area contributed by atoms with Crippen LogP contribution in [0.25, 0.3) is 0 Å². The van der Waals surface area contributed by atoms with Crippen LogP contribution in [0.5, 0.6) is 0 Å². The monoisotopic (exact) mass is 400 g/mol. The number of methoxy groups -OCH3 is 1. The van der Waals surface area contributed by atoms with E-state index in [4.69, 9.17) is 21.4 Å². The highest BCUT2D eigenvalue weighted by Crippen LogP contribution is 2.34. The number of aromatic carboxylic acids is 1. The summed E-state index contributed by atoms with van der Waals surface area (Å²) in [6.07, 6.45) is 0. The topological polar surface area (TPSA) is 95.9 Å². The highest BCUT2D eigenvalue weighted by atomic mass is 35.5. The van der Waals surface area contributed by atoms with E-state index in [1.807, 2.05) is 0 Å². The van der Waals surface area contributed by atoms with Crippen LogP contribution in [0.15, 0.2) is 59.8 Å². The van der Waals surface area contributed by atoms with Crippen LogP contribution in [0.1, 0.15) is 28.9 Å². The fraction of sp³-hybridized carbons (Fsp3) is 0.150. The molecule has 0 saturated heterocycles. The minimum Gasteiger partial charge on any atom is -0.478 e. The summed E-state index contributed by atoms with van der Waals surface area (Å²) in [6, 6.07) is 11.4. The maximum atomic E-state index is 12.8. The third-order valence-corrected chi connectivity index (χ3v) is 4.68. The van der Waals surface area contributed by atoms with Crippen molar-refractivity contribution in [1.29, 1.82) is 0 Å². The van der Waals surface area contributed by atoms with E-state index in [1.54, 1.807) is 31.2 Å². The largest absolute Gasteiger partial charge is 0.478 e. The summed E-state index contributed by atoms with van der Waals surface area (Å²) in [7, 11) is 1.26. The molecule has 1 aliphatic heterocycles. The number of rotatable bonds is 4. The van der Waals surface area contributed by atoms with E-state index in [1.165, 1.54) is 36.3 Å². The molecule has 1 atom stereocenters. The number of anilines is 1. The van der Waals surface area contributed by atoms with E-state index in [-0.39, 0.29) is 11.1 Å². The molecule has 0 radical (unpaired) electrons. The second-order valence-corrected chi connectivity index (χ2v) is 6.55. The zero-order valence-electron chi connectivity index (χ0n) is 15.1. The van der Waals surface area contributed by atoms with Gasteiger partial charge in [-0.05, 0) is 48.9 Å². The molecular formula is C20H17ClN2O5. The van der Waals surface area contributed by atoms with Crippen LogP contribution in [0.3, 0.4) is 0 Å². The molecule has 2 aromatic rings. The van der Waals surface area contributed by atoms with Gasteiger partial charge in [-0.15, -0.1) is 0 Å². The summed E-state index contributed by atoms with van der Waals surface area (Å²) in [4.78, 5) is 37.7. The maximum Gasteiger partial charge on any atom is 0.337 e. The molecule has 0 aliphatic carbocycles. The number of carbonyl (C=O) groups excluding carboxylic acids is 2. The lowest BCUT2D eigenvalue weighted by Gasteiger charge is -2.35. The fourth-order valence-electron chi connectivity index (χ4n) is 3.12. The molecule has 144 valence electrons. The van der Waals surface area contributed by atoms with Crippen molar-refractivity contribution in [2.75, 3.05) is 12.0 Å². The Balaban J connectivity index is 2.10. The van der Waals surface area contributed by atoms with E-state index in [0.29, 0.717) is 22.0 Å². The predicted octanol–water partition coefficient (Wildman–Crippen LogP) is 3.76. The van der Waals surface area contributed by atoms with Crippen molar-refractivity contribution < 1.29 is 24.2 Å². The summed E-state index contributed by atoms with van der Waals surface area (Å²) < 4.78 is 4.93. The Morgan fingerprint density at radius 1 is 1.18 bits per heavy atom. The number of hydrogen-bond acceptors (Lipinski definition) is 4. The molecule has 28 heavy (non-hydrogen) atoms. The minimum atomic E-state index is -1.07. The average molecular weight is 401 g/mol. The van der Waals surface area contributed by atoms with Gasteiger partial charge in [-0.3, -0.25) is 4.90 Å². The third-order valence-electron chi connectivity index (χ3n) is 4.44. The van der Waals surface area contributed by atoms with Crippen LogP contribution < -0.4 is 10.2 Å². The number of carbonyl (C=O) groups is 3. The average Bonchev–Trinajstić information content (AvgIpc) is 2.67. The SMILES string of the molecule is COC(=O)C1=C(C)N(c2ccc(C(=O)O)cc2)C(=O)NC1c1cccc(Cl)c1. The van der Waals surface area contributed by atoms with Crippen LogP contribution in [-0.2, 0) is 9.53 Å². The molecule has 0 bridgehead atoms. The molecule has 2 aromatic carbocycles. The number of urea groups is 1. The quantitative estimate of drug-likeness (QED) is 0.762. The Morgan fingerprint density at radius 2 is 1.86 bits per heavy atom. The van der Waals surface area contributed by atoms with Gasteiger partial charge in [0.05, 0.1) is 30.0 Å². The molecule has 2 amide bonds. The third kappa shape index (κ3) is 3.57. The predicted molar refractivity (Wildman–Crippen MR) is 103 cm³/mol. The smallest absolute Gasteiger partial charge is 0.337 e. The van der Waals surface area contributed by atoms with E-state index >= 15 is 0 Å². The number of carboxylic acids is 1. The summed E-state index contributed by atoms with van der Waals surface area (Å²) in [5.41, 5.74) is 1.79. The molecule has 8 heteroatoms. The molecule has 0 aromatic heterocycles. The first-order chi connectivity index (χ1) is 13.3. The van der Waals surface area contributed by atoms with Gasteiger partial charge >= 0.3 is 18.0 Å². The van der Waals surface area contributed by atoms with Crippen molar-refractivity contribution in [1.82, 2.24) is 5.32 Å². The Bertz CT molecular complexity index is 984. The summed E-state index contributed by atoms with van der Waals surface area (Å²) in [5.74, 6) is -1.66. The number of nitrogens with one attached hydrogen (secondary N) is 1. The van der Waals surface area contributed by atoms with E-state index in [2.05, 4.69) is 5.32 Å². The van der Waals surface area contributed by atoms with Crippen molar-refractivity contribution in [2.45, 2.75) is 13.0 Å². The zero-order valence-corrected chi connectivity index (χ0v) is 15.9. The highest BCUT2D eigenvalue weighted by molar-refractivity contribution is 6.30. The van der Waals surface area contributed by atoms with Crippen LogP contribution >= 0.6 is 11.6 Å². The van der Waals surface area contributed by atoms with Gasteiger partial charge in [0.25, 0.3) is 0 Å². The molecule has 0 saturated carbocycles. The second-order valence-electron chi connectivity index (χ2n) is 6.12. The number of halogens is 1. The summed E-state index contributed by atoms with van der Waals surface area (Å²) in [5, 5.41) is 12.3. The highest BCUT2D eigenvalue weighted by Gasteiger charge is 2.37. The lowest BCUT2D eigenvalue weighted by Crippen LogP contribution is -2.48. The second kappa shape index (κ2) is 7.74. The van der Waals surface area contributed by atoms with Crippen molar-refractivity contribution in [3.8, 4) is 0 Å². The zero-order chi connectivity index (χ0) is 20.4. The van der Waals surface area contributed by atoms with Gasteiger partial charge in [0, 0.05) is 10.7 Å². The van der Waals surface area contributed by atoms with Crippen LogP contribution in [0.4, 0.5) is 10.5 Å². The number of amides is 2. The Morgan fingerprint density at radius 3 is 2.43 bits per heavy atom. The van der Waals surface area contributed by atoms with E-state index in [9.17, 15) is 14.4 Å². The molecular weight excluding hydrogens is 384 g/mol. The molecule has 3 rings (SSSR count). The van der Waals surface area contributed by atoms with Gasteiger partial charge < -0.3 is 15.2 Å². The first kappa shape index (κ1) is 19.4. The fourth-order valence-corrected chi connectivity index (χ4v) is 3.32. The Labute approximate surface area is 166 Å². The number of nitrogens with zero attached hydrogens (tertiary/aromatic N) is 1. The molecule has 0 fully saturated rings. The van der Waals surface area contributed by atoms with Crippen molar-refractivity contribution in [3.05, 3.63) is 76.0 Å². The molecule has 7 nitrogen and oxygen atoms in total. The van der Waals surface area contributed by atoms with Crippen molar-refractivity contribution >= 4 is 35.3 Å². The minimum absolute atomic E-state index is 0.0906. The molecule has 1 heterocycles. The molecule has 1 aliphatic rings. The molecule has 0 spiro atoms. The van der Waals surface area contributed by atoms with Gasteiger partial charge in [-0.25, -0.2) is 14.4 Å². The number of benzene rings is 2. The lowest BCUT2D eigenvalue weighted by atomic mass is 9.94. The Hall–Kier alpha value is -3.32. The maximum absolute atomic E-state index is 12.8. The van der Waals surface area contributed by atoms with Crippen LogP contribution in [-0.4, -0.2) is 30.2 Å². The number of esters is 1. The molecule has 2 N–H and O–H groups in total. The number of hydrogen-bond donors (Lipinski definition) is 2. The van der Waals surface area contributed by atoms with Crippen molar-refractivity contribution in [2.24, 2.45) is 0 Å². The summed E-state index contributed by atoms with van der Waals surface area (Å²) >= 11 is 6.06. The van der Waals surface area contributed by atoms with Crippen LogP contribution in [0, 0.1) is 0 Å². The summed E-state index contributed by atoms with van der Waals surface area (Å²) in [6.45, 7) is 1.63. The van der Waals surface area contributed by atoms with Gasteiger partial charge in [0.2, 0.25) is 0 Å². The van der Waals surface area contributed by atoms with Gasteiger partial charge in [0.1, 0.15) is 0 Å². The normalized spacial score (nSPS) is 16.6. The van der Waals surface area contributed by atoms with Gasteiger partial charge in [-0.1, -0.05) is 23.7 Å². The first-order valence-corrected chi connectivity index (χ1v) is 8.69. The molecule has 1 unspecified atom stereocenters. The van der Waals surface area contributed by atoms with Crippen LogP contribution in [0.2, 0.25) is 5.02 Å². The Kier molecular flexibility index (Phi) is 5.37.